The first-order valence-electron chi connectivity index (χ1n) is 11.0. The van der Waals surface area contributed by atoms with E-state index in [0.717, 1.165) is 42.8 Å². The highest BCUT2D eigenvalue weighted by Crippen LogP contribution is 2.26. The van der Waals surface area contributed by atoms with Gasteiger partial charge in [-0.3, -0.25) is 23.6 Å². The number of ether oxygens (including phenoxy) is 1. The molecule has 2 heterocycles. The van der Waals surface area contributed by atoms with E-state index in [0.29, 0.717) is 17.7 Å². The van der Waals surface area contributed by atoms with Gasteiger partial charge in [0.25, 0.3) is 0 Å². The van der Waals surface area contributed by atoms with Crippen LogP contribution < -0.4 is 21.1 Å². The average molecular weight is 452 g/mol. The van der Waals surface area contributed by atoms with Gasteiger partial charge in [-0.05, 0) is 61.8 Å². The molecule has 33 heavy (non-hydrogen) atoms. The number of rotatable bonds is 6. The van der Waals surface area contributed by atoms with E-state index in [9.17, 15) is 14.4 Å². The van der Waals surface area contributed by atoms with Crippen LogP contribution in [-0.4, -0.2) is 52.6 Å². The number of imidazole rings is 1. The maximum absolute atomic E-state index is 12.6. The maximum atomic E-state index is 12.6. The normalized spacial score (nSPS) is 14.9. The second-order valence-electron chi connectivity index (χ2n) is 8.30. The van der Waals surface area contributed by atoms with E-state index in [1.807, 2.05) is 24.3 Å². The molecule has 0 spiro atoms. The van der Waals surface area contributed by atoms with Crippen molar-refractivity contribution < 1.29 is 14.3 Å². The van der Waals surface area contributed by atoms with Crippen LogP contribution in [0.1, 0.15) is 24.4 Å². The summed E-state index contributed by atoms with van der Waals surface area (Å²) >= 11 is 0. The Morgan fingerprint density at radius 3 is 2.30 bits per heavy atom. The highest BCUT2D eigenvalue weighted by atomic mass is 16.5. The molecule has 1 saturated heterocycles. The zero-order chi connectivity index (χ0) is 23.5. The molecule has 4 rings (SSSR count). The van der Waals surface area contributed by atoms with Crippen molar-refractivity contribution >= 4 is 28.5 Å². The summed E-state index contributed by atoms with van der Waals surface area (Å²) in [5.74, 6) is -0.671. The van der Waals surface area contributed by atoms with Crippen molar-refractivity contribution in [2.75, 3.05) is 32.1 Å². The van der Waals surface area contributed by atoms with Gasteiger partial charge in [0.05, 0.1) is 24.2 Å². The summed E-state index contributed by atoms with van der Waals surface area (Å²) in [7, 11) is 4.98. The number of carbonyl (C=O) groups is 2. The second kappa shape index (κ2) is 9.50. The van der Waals surface area contributed by atoms with Crippen LogP contribution in [0.15, 0.2) is 47.3 Å². The molecule has 1 atom stereocenters. The molecular weight excluding hydrogens is 422 g/mol. The topological polar surface area (TPSA) is 97.6 Å². The fraction of sp³-hybridized carbons (Fsp3) is 0.375. The second-order valence-corrected chi connectivity index (χ2v) is 8.30. The molecule has 0 unspecified atom stereocenters. The fourth-order valence-corrected chi connectivity index (χ4v) is 4.38. The first-order chi connectivity index (χ1) is 15.9. The van der Waals surface area contributed by atoms with Crippen LogP contribution in [0.2, 0.25) is 0 Å². The largest absolute Gasteiger partial charge is 0.497 e. The number of benzene rings is 2. The number of amides is 2. The number of methoxy groups -OCH3 is 1. The summed E-state index contributed by atoms with van der Waals surface area (Å²) in [4.78, 5) is 39.5. The number of hydrogen-bond acceptors (Lipinski definition) is 5. The molecule has 0 radical (unpaired) electrons. The summed E-state index contributed by atoms with van der Waals surface area (Å²) in [5, 5.41) is 5.42. The van der Waals surface area contributed by atoms with Crippen LogP contribution in [-0.2, 0) is 23.7 Å². The number of aromatic nitrogens is 2. The van der Waals surface area contributed by atoms with E-state index in [2.05, 4.69) is 15.5 Å². The van der Waals surface area contributed by atoms with Crippen LogP contribution in [0.3, 0.4) is 0 Å². The Labute approximate surface area is 191 Å². The van der Waals surface area contributed by atoms with Crippen LogP contribution >= 0.6 is 0 Å². The van der Waals surface area contributed by atoms with Gasteiger partial charge in [-0.15, -0.1) is 0 Å². The van der Waals surface area contributed by atoms with Crippen molar-refractivity contribution in [1.82, 2.24) is 19.4 Å². The number of nitrogens with one attached hydrogen (secondary N) is 2. The highest BCUT2D eigenvalue weighted by molar-refractivity contribution is 6.39. The van der Waals surface area contributed by atoms with Crippen molar-refractivity contribution in [3.8, 4) is 5.75 Å². The smallest absolute Gasteiger partial charge is 0.328 e. The minimum Gasteiger partial charge on any atom is -0.497 e. The molecule has 0 saturated carbocycles. The van der Waals surface area contributed by atoms with E-state index in [-0.39, 0.29) is 11.7 Å². The van der Waals surface area contributed by atoms with Gasteiger partial charge < -0.3 is 15.4 Å². The van der Waals surface area contributed by atoms with E-state index in [1.165, 1.54) is 9.13 Å². The lowest BCUT2D eigenvalue weighted by Crippen LogP contribution is -2.41. The zero-order valence-electron chi connectivity index (χ0n) is 19.1. The molecule has 0 bridgehead atoms. The number of fused-ring (bicyclic) bond motifs is 1. The number of hydrogen-bond donors (Lipinski definition) is 2. The predicted molar refractivity (Wildman–Crippen MR) is 126 cm³/mol. The van der Waals surface area contributed by atoms with Crippen LogP contribution in [0.25, 0.3) is 11.0 Å². The Bertz CT molecular complexity index is 1220. The van der Waals surface area contributed by atoms with Crippen LogP contribution in [0.5, 0.6) is 5.75 Å². The summed E-state index contributed by atoms with van der Waals surface area (Å²) in [6, 6.07) is 12.9. The monoisotopic (exact) mass is 451 g/mol. The van der Waals surface area contributed by atoms with Gasteiger partial charge in [-0.1, -0.05) is 12.1 Å². The SMILES string of the molecule is COc1ccc([C@H](CNC(=O)C(=O)Nc2ccc3c(c2)n(C)c(=O)n3C)N2CCCC2)cc1. The summed E-state index contributed by atoms with van der Waals surface area (Å²) < 4.78 is 8.28. The van der Waals surface area contributed by atoms with Crippen molar-refractivity contribution in [3.63, 3.8) is 0 Å². The Hall–Kier alpha value is -3.59. The van der Waals surface area contributed by atoms with E-state index >= 15 is 0 Å². The first-order valence-corrected chi connectivity index (χ1v) is 11.0. The quantitative estimate of drug-likeness (QED) is 0.557. The molecule has 2 N–H and O–H groups in total. The third-order valence-electron chi connectivity index (χ3n) is 6.27. The lowest BCUT2D eigenvalue weighted by atomic mass is 10.1. The minimum absolute atomic E-state index is 0.0228. The summed E-state index contributed by atoms with van der Waals surface area (Å²) in [5.41, 5.74) is 2.79. The Morgan fingerprint density at radius 1 is 0.970 bits per heavy atom. The van der Waals surface area contributed by atoms with E-state index < -0.39 is 11.8 Å². The van der Waals surface area contributed by atoms with Gasteiger partial charge in [0.2, 0.25) is 0 Å². The maximum Gasteiger partial charge on any atom is 0.328 e. The molecule has 174 valence electrons. The van der Waals surface area contributed by atoms with Crippen molar-refractivity contribution in [1.29, 1.82) is 0 Å². The molecule has 1 fully saturated rings. The van der Waals surface area contributed by atoms with E-state index in [4.69, 9.17) is 4.74 Å². The molecule has 1 aliphatic heterocycles. The lowest BCUT2D eigenvalue weighted by Gasteiger charge is -2.28. The van der Waals surface area contributed by atoms with Gasteiger partial charge in [-0.2, -0.15) is 0 Å². The minimum atomic E-state index is -0.745. The van der Waals surface area contributed by atoms with E-state index in [1.54, 1.807) is 39.4 Å². The van der Waals surface area contributed by atoms with Crippen molar-refractivity contribution in [2.45, 2.75) is 18.9 Å². The lowest BCUT2D eigenvalue weighted by molar-refractivity contribution is -0.136. The molecular formula is C24H29N5O4. The van der Waals surface area contributed by atoms with Crippen LogP contribution in [0, 0.1) is 0 Å². The summed E-state index contributed by atoms with van der Waals surface area (Å²) in [6.45, 7) is 2.23. The number of carbonyl (C=O) groups excluding carboxylic acids is 2. The van der Waals surface area contributed by atoms with Gasteiger partial charge in [-0.25, -0.2) is 4.79 Å². The third-order valence-corrected chi connectivity index (χ3v) is 6.27. The Kier molecular flexibility index (Phi) is 6.50. The molecule has 9 nitrogen and oxygen atoms in total. The molecule has 2 amide bonds. The van der Waals surface area contributed by atoms with Crippen molar-refractivity contribution in [3.05, 3.63) is 58.5 Å². The number of anilines is 1. The predicted octanol–water partition coefficient (Wildman–Crippen LogP) is 1.78. The Morgan fingerprint density at radius 2 is 1.64 bits per heavy atom. The highest BCUT2D eigenvalue weighted by Gasteiger charge is 2.25. The van der Waals surface area contributed by atoms with Gasteiger partial charge >= 0.3 is 17.5 Å². The average Bonchev–Trinajstić information content (AvgIpc) is 3.43. The first kappa shape index (κ1) is 22.6. The van der Waals surface area contributed by atoms with Gasteiger partial charge in [0.15, 0.2) is 0 Å². The van der Waals surface area contributed by atoms with Crippen molar-refractivity contribution in [2.24, 2.45) is 14.1 Å². The number of nitrogens with zero attached hydrogens (tertiary/aromatic N) is 3. The van der Waals surface area contributed by atoms with Gasteiger partial charge in [0, 0.05) is 26.3 Å². The molecule has 9 heteroatoms. The number of likely N-dealkylation sites (tertiary alicyclic amines) is 1. The Balaban J connectivity index is 1.43. The number of aryl methyl sites for hydroxylation is 2. The van der Waals surface area contributed by atoms with Gasteiger partial charge in [0.1, 0.15) is 5.75 Å². The third kappa shape index (κ3) is 4.63. The molecule has 1 aliphatic rings. The molecule has 2 aromatic carbocycles. The zero-order valence-corrected chi connectivity index (χ0v) is 19.1. The fourth-order valence-electron chi connectivity index (χ4n) is 4.38. The van der Waals surface area contributed by atoms with Crippen LogP contribution in [0.4, 0.5) is 5.69 Å². The molecule has 1 aromatic heterocycles. The molecule has 3 aromatic rings. The summed E-state index contributed by atoms with van der Waals surface area (Å²) in [6.07, 6.45) is 2.23. The molecule has 0 aliphatic carbocycles. The standard InChI is InChI=1S/C24H29N5O4/c1-27-19-11-8-17(14-20(19)28(2)24(27)32)26-23(31)22(30)25-15-21(29-12-4-5-13-29)16-6-9-18(33-3)10-7-16/h6-11,14,21H,4-5,12-13,15H2,1-3H3,(H,25,30)(H,26,31)/t21-/m0/s1.